The molecule has 1 saturated heterocycles. The van der Waals surface area contributed by atoms with Crippen molar-refractivity contribution in [2.45, 2.75) is 6.10 Å². The van der Waals surface area contributed by atoms with E-state index in [-0.39, 0.29) is 12.0 Å². The molecular formula is C14H16N2O2. The molecule has 4 nitrogen and oxygen atoms in total. The predicted molar refractivity (Wildman–Crippen MR) is 69.0 cm³/mol. The first-order valence-corrected chi connectivity index (χ1v) is 6.26. The number of nitrogens with one attached hydrogen (secondary N) is 2. The zero-order chi connectivity index (χ0) is 12.4. The molecule has 2 N–H and O–H groups in total. The van der Waals surface area contributed by atoms with Gasteiger partial charge in [0.1, 0.15) is 0 Å². The molecule has 1 atom stereocenters. The van der Waals surface area contributed by atoms with E-state index in [9.17, 15) is 4.79 Å². The number of amides is 1. The molecule has 4 heteroatoms. The zero-order valence-corrected chi connectivity index (χ0v) is 10.1. The van der Waals surface area contributed by atoms with E-state index in [1.54, 1.807) is 0 Å². The minimum Gasteiger partial charge on any atom is -0.374 e. The third kappa shape index (κ3) is 2.17. The molecule has 0 aromatic carbocycles. The second-order valence-electron chi connectivity index (χ2n) is 4.55. The Morgan fingerprint density at radius 2 is 2.39 bits per heavy atom. The van der Waals surface area contributed by atoms with Crippen LogP contribution in [0.3, 0.4) is 0 Å². The zero-order valence-electron chi connectivity index (χ0n) is 10.1. The van der Waals surface area contributed by atoms with Crippen molar-refractivity contribution in [2.24, 2.45) is 0 Å². The molecule has 1 heterocycles. The maximum Gasteiger partial charge on any atom is 0.252 e. The van der Waals surface area contributed by atoms with E-state index in [1.807, 2.05) is 30.4 Å². The molecule has 1 fully saturated rings. The summed E-state index contributed by atoms with van der Waals surface area (Å²) < 4.78 is 5.54. The number of allylic oxidation sites excluding steroid dienone is 6. The first-order chi connectivity index (χ1) is 8.84. The van der Waals surface area contributed by atoms with Crippen molar-refractivity contribution in [3.05, 3.63) is 47.1 Å². The van der Waals surface area contributed by atoms with Gasteiger partial charge in [-0.25, -0.2) is 0 Å². The lowest BCUT2D eigenvalue weighted by molar-refractivity contribution is -0.118. The number of morpholine rings is 1. The molecule has 3 rings (SSSR count). The van der Waals surface area contributed by atoms with Gasteiger partial charge in [0, 0.05) is 25.2 Å². The second-order valence-corrected chi connectivity index (χ2v) is 4.55. The molecule has 94 valence electrons. The van der Waals surface area contributed by atoms with Crippen LogP contribution in [0.15, 0.2) is 47.1 Å². The Kier molecular flexibility index (Phi) is 3.13. The largest absolute Gasteiger partial charge is 0.374 e. The van der Waals surface area contributed by atoms with Crippen LogP contribution in [0.1, 0.15) is 0 Å². The molecule has 0 radical (unpaired) electrons. The van der Waals surface area contributed by atoms with Crippen LogP contribution in [0.2, 0.25) is 0 Å². The van der Waals surface area contributed by atoms with Crippen molar-refractivity contribution in [2.75, 3.05) is 26.2 Å². The number of rotatable bonds is 3. The topological polar surface area (TPSA) is 50.4 Å². The van der Waals surface area contributed by atoms with Gasteiger partial charge in [-0.1, -0.05) is 24.3 Å². The van der Waals surface area contributed by atoms with Gasteiger partial charge >= 0.3 is 0 Å². The number of carbonyl (C=O) groups excluding carboxylic acids is 1. The Bertz CT molecular complexity index is 480. The van der Waals surface area contributed by atoms with Gasteiger partial charge in [-0.2, -0.15) is 0 Å². The van der Waals surface area contributed by atoms with Crippen molar-refractivity contribution in [1.29, 1.82) is 0 Å². The van der Waals surface area contributed by atoms with Gasteiger partial charge in [0.05, 0.1) is 12.7 Å². The summed E-state index contributed by atoms with van der Waals surface area (Å²) in [7, 11) is 0. The maximum absolute atomic E-state index is 12.1. The summed E-state index contributed by atoms with van der Waals surface area (Å²) in [5.74, 6) is -0.0228. The molecule has 0 spiro atoms. The van der Waals surface area contributed by atoms with Crippen molar-refractivity contribution < 1.29 is 9.53 Å². The smallest absolute Gasteiger partial charge is 0.252 e. The number of fused-ring (bicyclic) bond motifs is 1. The van der Waals surface area contributed by atoms with E-state index in [4.69, 9.17) is 4.74 Å². The average Bonchev–Trinajstić information content (AvgIpc) is 2.99. The summed E-state index contributed by atoms with van der Waals surface area (Å²) in [5, 5.41) is 6.18. The maximum atomic E-state index is 12.1. The molecule has 0 saturated carbocycles. The van der Waals surface area contributed by atoms with Gasteiger partial charge in [-0.15, -0.1) is 0 Å². The van der Waals surface area contributed by atoms with Gasteiger partial charge < -0.3 is 15.4 Å². The number of carbonyl (C=O) groups is 1. The van der Waals surface area contributed by atoms with Crippen LogP contribution in [0.5, 0.6) is 0 Å². The Hall–Kier alpha value is -1.65. The van der Waals surface area contributed by atoms with E-state index in [0.717, 1.165) is 29.8 Å². The molecule has 1 aliphatic heterocycles. The van der Waals surface area contributed by atoms with Crippen LogP contribution in [0.4, 0.5) is 0 Å². The van der Waals surface area contributed by atoms with Crippen LogP contribution < -0.4 is 10.6 Å². The Morgan fingerprint density at radius 1 is 1.44 bits per heavy atom. The molecule has 18 heavy (non-hydrogen) atoms. The fraction of sp³-hybridized carbons (Fsp3) is 0.357. The monoisotopic (exact) mass is 244 g/mol. The fourth-order valence-electron chi connectivity index (χ4n) is 2.34. The lowest BCUT2D eigenvalue weighted by atomic mass is 10.1. The van der Waals surface area contributed by atoms with Gasteiger partial charge in [0.2, 0.25) is 0 Å². The van der Waals surface area contributed by atoms with Crippen molar-refractivity contribution in [3.63, 3.8) is 0 Å². The average molecular weight is 244 g/mol. The van der Waals surface area contributed by atoms with Crippen LogP contribution in [-0.4, -0.2) is 38.3 Å². The van der Waals surface area contributed by atoms with E-state index < -0.39 is 0 Å². The molecule has 1 amide bonds. The van der Waals surface area contributed by atoms with Crippen LogP contribution >= 0.6 is 0 Å². The molecule has 1 unspecified atom stereocenters. The van der Waals surface area contributed by atoms with Crippen molar-refractivity contribution >= 4 is 5.91 Å². The first kappa shape index (κ1) is 11.4. The van der Waals surface area contributed by atoms with Crippen molar-refractivity contribution in [3.8, 4) is 0 Å². The SMILES string of the molecule is O=C(NCC1CNCCO1)C1=C2C=CC=C2C=C1. The Morgan fingerprint density at radius 3 is 3.22 bits per heavy atom. The van der Waals surface area contributed by atoms with Gasteiger partial charge in [-0.3, -0.25) is 4.79 Å². The van der Waals surface area contributed by atoms with Gasteiger partial charge in [-0.05, 0) is 17.2 Å². The highest BCUT2D eigenvalue weighted by atomic mass is 16.5. The van der Waals surface area contributed by atoms with Gasteiger partial charge in [0.25, 0.3) is 5.91 Å². The second kappa shape index (κ2) is 4.92. The summed E-state index contributed by atoms with van der Waals surface area (Å²) in [6, 6.07) is 0. The normalized spacial score (nSPS) is 25.3. The highest BCUT2D eigenvalue weighted by Gasteiger charge is 2.21. The van der Waals surface area contributed by atoms with E-state index in [2.05, 4.69) is 10.6 Å². The van der Waals surface area contributed by atoms with Gasteiger partial charge in [0.15, 0.2) is 0 Å². The summed E-state index contributed by atoms with van der Waals surface area (Å²) in [4.78, 5) is 12.1. The summed E-state index contributed by atoms with van der Waals surface area (Å²) >= 11 is 0. The minimum absolute atomic E-state index is 0.0228. The van der Waals surface area contributed by atoms with Crippen LogP contribution in [-0.2, 0) is 9.53 Å². The Labute approximate surface area is 106 Å². The summed E-state index contributed by atoms with van der Waals surface area (Å²) in [5.41, 5.74) is 2.89. The lowest BCUT2D eigenvalue weighted by Crippen LogP contribution is -2.45. The molecule has 0 aromatic heterocycles. The molecule has 0 bridgehead atoms. The Balaban J connectivity index is 1.59. The number of ether oxygens (including phenoxy) is 1. The number of hydrogen-bond acceptors (Lipinski definition) is 3. The standard InChI is InChI=1S/C14H16N2O2/c17-14(16-9-11-8-15-6-7-18-11)13-5-4-10-2-1-3-12(10)13/h1-5,11,15H,6-9H2,(H,16,17). The van der Waals surface area contributed by atoms with Crippen molar-refractivity contribution in [1.82, 2.24) is 10.6 Å². The van der Waals surface area contributed by atoms with Crippen LogP contribution in [0.25, 0.3) is 0 Å². The highest BCUT2D eigenvalue weighted by molar-refractivity contribution is 6.00. The third-order valence-electron chi connectivity index (χ3n) is 3.31. The first-order valence-electron chi connectivity index (χ1n) is 6.26. The lowest BCUT2D eigenvalue weighted by Gasteiger charge is -2.23. The summed E-state index contributed by atoms with van der Waals surface area (Å²) in [6.07, 6.45) is 9.88. The summed E-state index contributed by atoms with van der Waals surface area (Å²) in [6.45, 7) is 2.96. The highest BCUT2D eigenvalue weighted by Crippen LogP contribution is 2.29. The van der Waals surface area contributed by atoms with E-state index >= 15 is 0 Å². The molecule has 2 aliphatic carbocycles. The van der Waals surface area contributed by atoms with Crippen LogP contribution in [0, 0.1) is 0 Å². The third-order valence-corrected chi connectivity index (χ3v) is 3.31. The molecule has 3 aliphatic rings. The van der Waals surface area contributed by atoms with E-state index in [0.29, 0.717) is 13.2 Å². The quantitative estimate of drug-likeness (QED) is 0.758. The predicted octanol–water partition coefficient (Wildman–Crippen LogP) is 0.454. The minimum atomic E-state index is -0.0228. The molecular weight excluding hydrogens is 228 g/mol. The number of hydrogen-bond donors (Lipinski definition) is 2. The van der Waals surface area contributed by atoms with E-state index in [1.165, 1.54) is 0 Å². The fourth-order valence-corrected chi connectivity index (χ4v) is 2.34. The molecule has 0 aromatic rings.